The normalized spacial score (nSPS) is 12.0. The number of aryl methyl sites for hydroxylation is 1. The molecule has 1 aromatic carbocycles. The predicted octanol–water partition coefficient (Wildman–Crippen LogP) is 1.49. The van der Waals surface area contributed by atoms with Crippen LogP contribution in [0.15, 0.2) is 30.5 Å². The number of aromatic nitrogens is 1. The number of nitrogens with one attached hydrogen (secondary N) is 1. The van der Waals surface area contributed by atoms with Crippen LogP contribution in [0.5, 0.6) is 0 Å². The fraction of sp³-hybridized carbons (Fsp3) is 0.357. The smallest absolute Gasteiger partial charge is 0.304 e. The van der Waals surface area contributed by atoms with Gasteiger partial charge in [-0.1, -0.05) is 19.9 Å². The van der Waals surface area contributed by atoms with E-state index in [9.17, 15) is 13.2 Å². The maximum atomic E-state index is 12.3. The van der Waals surface area contributed by atoms with Gasteiger partial charge >= 0.3 is 10.2 Å². The van der Waals surface area contributed by atoms with Crippen LogP contribution in [-0.4, -0.2) is 36.3 Å². The minimum absolute atomic E-state index is 0.314. The highest BCUT2D eigenvalue weighted by Gasteiger charge is 2.23. The molecule has 0 unspecified atom stereocenters. The van der Waals surface area contributed by atoms with E-state index in [4.69, 9.17) is 0 Å². The first kappa shape index (κ1) is 15.5. The number of carbonyl (C=O) groups is 1. The van der Waals surface area contributed by atoms with Crippen molar-refractivity contribution in [2.45, 2.75) is 13.8 Å². The van der Waals surface area contributed by atoms with Gasteiger partial charge in [-0.3, -0.25) is 4.79 Å². The predicted molar refractivity (Wildman–Crippen MR) is 82.2 cm³/mol. The summed E-state index contributed by atoms with van der Waals surface area (Å²) < 4.78 is 29.4. The van der Waals surface area contributed by atoms with Crippen molar-refractivity contribution in [1.29, 1.82) is 0 Å². The number of hydrogen-bond donors (Lipinski definition) is 1. The molecular weight excluding hydrogens is 290 g/mol. The van der Waals surface area contributed by atoms with E-state index in [0.29, 0.717) is 18.7 Å². The van der Waals surface area contributed by atoms with Crippen molar-refractivity contribution < 1.29 is 13.2 Å². The van der Waals surface area contributed by atoms with Crippen molar-refractivity contribution in [2.24, 2.45) is 7.05 Å². The lowest BCUT2D eigenvalue weighted by Crippen LogP contribution is -2.43. The molecule has 21 heavy (non-hydrogen) atoms. The molecule has 0 spiro atoms. The zero-order valence-corrected chi connectivity index (χ0v) is 13.1. The van der Waals surface area contributed by atoms with Crippen LogP contribution in [0, 0.1) is 0 Å². The molecule has 2 aromatic rings. The zero-order chi connectivity index (χ0) is 15.6. The number of hydrogen-bond acceptors (Lipinski definition) is 3. The second-order valence-corrected chi connectivity index (χ2v) is 6.36. The van der Waals surface area contributed by atoms with Gasteiger partial charge in [0.05, 0.1) is 0 Å². The van der Waals surface area contributed by atoms with Gasteiger partial charge < -0.3 is 4.57 Å². The van der Waals surface area contributed by atoms with Gasteiger partial charge in [-0.2, -0.15) is 12.7 Å². The topological polar surface area (TPSA) is 71.4 Å². The molecule has 0 saturated heterocycles. The third-order valence-corrected chi connectivity index (χ3v) is 5.08. The monoisotopic (exact) mass is 309 g/mol. The van der Waals surface area contributed by atoms with Crippen LogP contribution in [-0.2, 0) is 17.3 Å². The van der Waals surface area contributed by atoms with Crippen LogP contribution >= 0.6 is 0 Å². The summed E-state index contributed by atoms with van der Waals surface area (Å²) in [7, 11) is -1.93. The molecule has 0 aliphatic rings. The Balaban J connectivity index is 2.36. The number of carbonyl (C=O) groups excluding carboxylic acids is 1. The fourth-order valence-corrected chi connectivity index (χ4v) is 3.45. The zero-order valence-electron chi connectivity index (χ0n) is 12.3. The Labute approximate surface area is 124 Å². The molecule has 1 aromatic heterocycles. The van der Waals surface area contributed by atoms with E-state index in [2.05, 4.69) is 4.72 Å². The quantitative estimate of drug-likeness (QED) is 0.909. The second kappa shape index (κ2) is 5.87. The van der Waals surface area contributed by atoms with E-state index in [-0.39, 0.29) is 0 Å². The van der Waals surface area contributed by atoms with Crippen molar-refractivity contribution >= 4 is 27.0 Å². The maximum absolute atomic E-state index is 12.3. The van der Waals surface area contributed by atoms with Crippen molar-refractivity contribution in [2.75, 3.05) is 13.1 Å². The molecule has 1 heterocycles. The van der Waals surface area contributed by atoms with Crippen LogP contribution in [0.4, 0.5) is 0 Å². The second-order valence-electron chi connectivity index (χ2n) is 4.69. The molecule has 0 bridgehead atoms. The lowest BCUT2D eigenvalue weighted by atomic mass is 10.1. The van der Waals surface area contributed by atoms with Crippen LogP contribution in [0.2, 0.25) is 0 Å². The fourth-order valence-electron chi connectivity index (χ4n) is 2.30. The summed E-state index contributed by atoms with van der Waals surface area (Å²) >= 11 is 0. The van der Waals surface area contributed by atoms with Gasteiger partial charge in [-0.05, 0) is 18.2 Å². The van der Waals surface area contributed by atoms with E-state index < -0.39 is 16.1 Å². The van der Waals surface area contributed by atoms with Crippen molar-refractivity contribution in [3.05, 3.63) is 36.0 Å². The summed E-state index contributed by atoms with van der Waals surface area (Å²) in [6, 6.07) is 7.04. The third-order valence-electron chi connectivity index (χ3n) is 3.44. The lowest BCUT2D eigenvalue weighted by molar-refractivity contribution is 0.0981. The van der Waals surface area contributed by atoms with Crippen molar-refractivity contribution in [3.63, 3.8) is 0 Å². The van der Waals surface area contributed by atoms with Crippen LogP contribution in [0.1, 0.15) is 24.2 Å². The minimum atomic E-state index is -3.80. The Morgan fingerprint density at radius 3 is 2.52 bits per heavy atom. The number of nitrogens with zero attached hydrogens (tertiary/aromatic N) is 2. The average Bonchev–Trinajstić information content (AvgIpc) is 2.81. The summed E-state index contributed by atoms with van der Waals surface area (Å²) in [5.41, 5.74) is 1.23. The number of benzene rings is 1. The van der Waals surface area contributed by atoms with Gasteiger partial charge in [0.15, 0.2) is 0 Å². The Kier molecular flexibility index (Phi) is 4.34. The van der Waals surface area contributed by atoms with Crippen molar-refractivity contribution in [1.82, 2.24) is 13.6 Å². The van der Waals surface area contributed by atoms with E-state index in [1.807, 2.05) is 23.9 Å². The molecule has 0 atom stereocenters. The van der Waals surface area contributed by atoms with Gasteiger partial charge in [-0.25, -0.2) is 4.72 Å². The molecule has 114 valence electrons. The SMILES string of the molecule is CCN(CC)S(=O)(=O)NC(=O)c1cccc2c1ccn2C. The van der Waals surface area contributed by atoms with E-state index in [1.165, 1.54) is 4.31 Å². The molecule has 0 aliphatic heterocycles. The number of rotatable bonds is 5. The Bertz CT molecular complexity index is 761. The van der Waals surface area contributed by atoms with Crippen molar-refractivity contribution in [3.8, 4) is 0 Å². The lowest BCUT2D eigenvalue weighted by Gasteiger charge is -2.18. The summed E-state index contributed by atoms with van der Waals surface area (Å²) in [5, 5.41) is 0.729. The first-order chi connectivity index (χ1) is 9.90. The van der Waals surface area contributed by atoms with Gasteiger partial charge in [0.1, 0.15) is 0 Å². The summed E-state index contributed by atoms with van der Waals surface area (Å²) in [5.74, 6) is -0.612. The van der Waals surface area contributed by atoms with Crippen LogP contribution in [0.3, 0.4) is 0 Å². The van der Waals surface area contributed by atoms with Gasteiger partial charge in [0, 0.05) is 42.8 Å². The molecule has 7 heteroatoms. The molecule has 0 saturated carbocycles. The highest BCUT2D eigenvalue weighted by atomic mass is 32.2. The number of amides is 1. The van der Waals surface area contributed by atoms with Gasteiger partial charge in [0.2, 0.25) is 0 Å². The molecule has 0 fully saturated rings. The first-order valence-corrected chi connectivity index (χ1v) is 8.21. The largest absolute Gasteiger partial charge is 0.351 e. The molecule has 0 radical (unpaired) electrons. The van der Waals surface area contributed by atoms with Crippen LogP contribution < -0.4 is 4.72 Å². The third kappa shape index (κ3) is 2.93. The summed E-state index contributed by atoms with van der Waals surface area (Å²) in [4.78, 5) is 12.3. The molecule has 2 rings (SSSR count). The number of fused-ring (bicyclic) bond motifs is 1. The highest BCUT2D eigenvalue weighted by molar-refractivity contribution is 7.87. The van der Waals surface area contributed by atoms with Gasteiger partial charge in [-0.15, -0.1) is 0 Å². The molecule has 1 amide bonds. The maximum Gasteiger partial charge on any atom is 0.304 e. The van der Waals surface area contributed by atoms with E-state index in [1.54, 1.807) is 32.0 Å². The van der Waals surface area contributed by atoms with Crippen LogP contribution in [0.25, 0.3) is 10.9 Å². The first-order valence-electron chi connectivity index (χ1n) is 6.77. The Morgan fingerprint density at radius 1 is 1.24 bits per heavy atom. The average molecular weight is 309 g/mol. The molecule has 1 N–H and O–H groups in total. The Morgan fingerprint density at radius 2 is 1.90 bits per heavy atom. The highest BCUT2D eigenvalue weighted by Crippen LogP contribution is 2.19. The standard InChI is InChI=1S/C14H19N3O3S/c1-4-17(5-2)21(19,20)15-14(18)12-7-6-8-13-11(12)9-10-16(13)3/h6-10H,4-5H2,1-3H3,(H,15,18). The molecule has 6 nitrogen and oxygen atoms in total. The minimum Gasteiger partial charge on any atom is -0.351 e. The molecule has 0 aliphatic carbocycles. The summed E-state index contributed by atoms with van der Waals surface area (Å²) in [6.07, 6.45) is 1.83. The molecular formula is C14H19N3O3S. The van der Waals surface area contributed by atoms with Gasteiger partial charge in [0.25, 0.3) is 5.91 Å². The van der Waals surface area contributed by atoms with E-state index >= 15 is 0 Å². The van der Waals surface area contributed by atoms with E-state index in [0.717, 1.165) is 10.9 Å². The summed E-state index contributed by atoms with van der Waals surface area (Å²) in [6.45, 7) is 4.08. The Hall–Kier alpha value is -1.86.